The Bertz CT molecular complexity index is 594. The summed E-state index contributed by atoms with van der Waals surface area (Å²) in [5.41, 5.74) is 3.43. The van der Waals surface area contributed by atoms with Crippen molar-refractivity contribution >= 4 is 5.97 Å². The number of nitrogens with one attached hydrogen (secondary N) is 1. The van der Waals surface area contributed by atoms with E-state index in [9.17, 15) is 4.79 Å². The third-order valence-electron chi connectivity index (χ3n) is 2.91. The monoisotopic (exact) mass is 260 g/mol. The SMILES string of the molecule is CCOc1c(C)cc(-c2[nH]ncc2C(=O)O)cc1C. The molecule has 0 amide bonds. The number of aromatic carboxylic acids is 1. The van der Waals surface area contributed by atoms with E-state index >= 15 is 0 Å². The van der Waals surface area contributed by atoms with Crippen LogP contribution in [0.5, 0.6) is 5.75 Å². The van der Waals surface area contributed by atoms with Crippen molar-refractivity contribution in [1.82, 2.24) is 10.2 Å². The van der Waals surface area contributed by atoms with E-state index in [0.29, 0.717) is 12.3 Å². The van der Waals surface area contributed by atoms with Crippen LogP contribution in [-0.4, -0.2) is 27.9 Å². The molecule has 100 valence electrons. The summed E-state index contributed by atoms with van der Waals surface area (Å²) in [6.07, 6.45) is 1.32. The Morgan fingerprint density at radius 2 is 2.00 bits per heavy atom. The van der Waals surface area contributed by atoms with Gasteiger partial charge >= 0.3 is 5.97 Å². The second-order valence-corrected chi connectivity index (χ2v) is 4.34. The topological polar surface area (TPSA) is 75.2 Å². The number of ether oxygens (including phenoxy) is 1. The maximum atomic E-state index is 11.1. The largest absolute Gasteiger partial charge is 0.493 e. The third kappa shape index (κ3) is 2.45. The molecule has 1 aromatic heterocycles. The van der Waals surface area contributed by atoms with Crippen LogP contribution in [0.3, 0.4) is 0 Å². The molecule has 0 aliphatic rings. The minimum Gasteiger partial charge on any atom is -0.493 e. The van der Waals surface area contributed by atoms with Crippen molar-refractivity contribution in [2.24, 2.45) is 0 Å². The van der Waals surface area contributed by atoms with E-state index in [1.165, 1.54) is 6.20 Å². The van der Waals surface area contributed by atoms with Crippen molar-refractivity contribution in [3.8, 4) is 17.0 Å². The highest BCUT2D eigenvalue weighted by Crippen LogP contribution is 2.30. The van der Waals surface area contributed by atoms with Crippen molar-refractivity contribution in [1.29, 1.82) is 0 Å². The van der Waals surface area contributed by atoms with Crippen molar-refractivity contribution in [3.05, 3.63) is 35.0 Å². The van der Waals surface area contributed by atoms with Crippen LogP contribution < -0.4 is 4.74 Å². The van der Waals surface area contributed by atoms with Gasteiger partial charge in [0.25, 0.3) is 0 Å². The van der Waals surface area contributed by atoms with Gasteiger partial charge in [-0.05, 0) is 44.0 Å². The van der Waals surface area contributed by atoms with Crippen LogP contribution in [0.1, 0.15) is 28.4 Å². The molecule has 0 spiro atoms. The van der Waals surface area contributed by atoms with Gasteiger partial charge in [-0.3, -0.25) is 5.10 Å². The van der Waals surface area contributed by atoms with Gasteiger partial charge in [-0.25, -0.2) is 4.79 Å². The lowest BCUT2D eigenvalue weighted by Gasteiger charge is -2.12. The molecule has 2 aromatic rings. The molecule has 0 fully saturated rings. The molecular weight excluding hydrogens is 244 g/mol. The van der Waals surface area contributed by atoms with Gasteiger partial charge in [0, 0.05) is 5.56 Å². The Hall–Kier alpha value is -2.30. The second-order valence-electron chi connectivity index (χ2n) is 4.34. The fourth-order valence-electron chi connectivity index (χ4n) is 2.13. The molecule has 0 saturated heterocycles. The summed E-state index contributed by atoms with van der Waals surface area (Å²) in [7, 11) is 0. The third-order valence-corrected chi connectivity index (χ3v) is 2.91. The number of hydrogen-bond donors (Lipinski definition) is 2. The average Bonchev–Trinajstić information content (AvgIpc) is 2.82. The van der Waals surface area contributed by atoms with Gasteiger partial charge in [0.1, 0.15) is 11.3 Å². The highest BCUT2D eigenvalue weighted by atomic mass is 16.5. The van der Waals surface area contributed by atoms with Gasteiger partial charge in [0.2, 0.25) is 0 Å². The predicted octanol–water partition coefficient (Wildman–Crippen LogP) is 2.79. The zero-order valence-corrected chi connectivity index (χ0v) is 11.2. The summed E-state index contributed by atoms with van der Waals surface area (Å²) >= 11 is 0. The summed E-state index contributed by atoms with van der Waals surface area (Å²) in [6, 6.07) is 3.80. The zero-order valence-electron chi connectivity index (χ0n) is 11.2. The first kappa shape index (κ1) is 13.1. The molecule has 1 heterocycles. The number of carboxylic acid groups (broad SMARTS) is 1. The molecule has 0 unspecified atom stereocenters. The van der Waals surface area contributed by atoms with Crippen LogP contribution in [0.4, 0.5) is 0 Å². The van der Waals surface area contributed by atoms with Crippen molar-refractivity contribution in [3.63, 3.8) is 0 Å². The fourth-order valence-corrected chi connectivity index (χ4v) is 2.13. The van der Waals surface area contributed by atoms with Gasteiger partial charge in [-0.2, -0.15) is 5.10 Å². The number of H-pyrrole nitrogens is 1. The van der Waals surface area contributed by atoms with Crippen LogP contribution in [0.15, 0.2) is 18.3 Å². The van der Waals surface area contributed by atoms with Gasteiger partial charge in [-0.1, -0.05) is 0 Å². The maximum absolute atomic E-state index is 11.1. The zero-order chi connectivity index (χ0) is 14.0. The molecule has 2 N–H and O–H groups in total. The molecule has 0 radical (unpaired) electrons. The standard InChI is InChI=1S/C14H16N2O3/c1-4-19-13-8(2)5-10(6-9(13)3)12-11(14(17)18)7-15-16-12/h5-7H,4H2,1-3H3,(H,15,16)(H,17,18). The van der Waals surface area contributed by atoms with Crippen molar-refractivity contribution in [2.75, 3.05) is 6.61 Å². The van der Waals surface area contributed by atoms with E-state index in [2.05, 4.69) is 10.2 Å². The van der Waals surface area contributed by atoms with Gasteiger partial charge in [-0.15, -0.1) is 0 Å². The Kier molecular flexibility index (Phi) is 3.55. The van der Waals surface area contributed by atoms with Gasteiger partial charge in [0.15, 0.2) is 0 Å². The predicted molar refractivity (Wildman–Crippen MR) is 71.6 cm³/mol. The first-order valence-electron chi connectivity index (χ1n) is 6.05. The summed E-state index contributed by atoms with van der Waals surface area (Å²) in [4.78, 5) is 11.1. The smallest absolute Gasteiger partial charge is 0.339 e. The summed E-state index contributed by atoms with van der Waals surface area (Å²) < 4.78 is 5.58. The lowest BCUT2D eigenvalue weighted by atomic mass is 10.0. The summed E-state index contributed by atoms with van der Waals surface area (Å²) in [6.45, 7) is 6.42. The van der Waals surface area contributed by atoms with Crippen LogP contribution >= 0.6 is 0 Å². The highest BCUT2D eigenvalue weighted by molar-refractivity contribution is 5.94. The lowest BCUT2D eigenvalue weighted by Crippen LogP contribution is -2.00. The number of aryl methyl sites for hydroxylation is 2. The number of aromatic amines is 1. The van der Waals surface area contributed by atoms with E-state index in [1.807, 2.05) is 32.9 Å². The molecule has 0 aliphatic carbocycles. The molecule has 1 aromatic carbocycles. The first-order chi connectivity index (χ1) is 9.04. The Balaban J connectivity index is 2.52. The van der Waals surface area contributed by atoms with Crippen molar-refractivity contribution < 1.29 is 14.6 Å². The Morgan fingerprint density at radius 3 is 2.53 bits per heavy atom. The van der Waals surface area contributed by atoms with Gasteiger partial charge in [0.05, 0.1) is 18.5 Å². The minimum atomic E-state index is -0.993. The Labute approximate surface area is 111 Å². The lowest BCUT2D eigenvalue weighted by molar-refractivity contribution is 0.0698. The molecule has 19 heavy (non-hydrogen) atoms. The summed E-state index contributed by atoms with van der Waals surface area (Å²) in [5.74, 6) is -0.143. The van der Waals surface area contributed by atoms with E-state index in [-0.39, 0.29) is 5.56 Å². The summed E-state index contributed by atoms with van der Waals surface area (Å²) in [5, 5.41) is 15.6. The molecule has 5 heteroatoms. The van der Waals surface area contributed by atoms with Gasteiger partial charge < -0.3 is 9.84 Å². The number of carbonyl (C=O) groups is 1. The second kappa shape index (κ2) is 5.14. The molecule has 0 aliphatic heterocycles. The molecule has 0 saturated carbocycles. The molecule has 0 atom stereocenters. The fraction of sp³-hybridized carbons (Fsp3) is 0.286. The number of carboxylic acids is 1. The maximum Gasteiger partial charge on any atom is 0.339 e. The number of aromatic nitrogens is 2. The van der Waals surface area contributed by atoms with Crippen LogP contribution in [-0.2, 0) is 0 Å². The molecule has 0 bridgehead atoms. The van der Waals surface area contributed by atoms with E-state index in [0.717, 1.165) is 22.4 Å². The van der Waals surface area contributed by atoms with Crippen LogP contribution in [0, 0.1) is 13.8 Å². The number of rotatable bonds is 4. The normalized spacial score (nSPS) is 10.5. The highest BCUT2D eigenvalue weighted by Gasteiger charge is 2.16. The van der Waals surface area contributed by atoms with Crippen molar-refractivity contribution in [2.45, 2.75) is 20.8 Å². The molecular formula is C14H16N2O3. The first-order valence-corrected chi connectivity index (χ1v) is 6.05. The number of nitrogens with zero attached hydrogens (tertiary/aromatic N) is 1. The molecule has 5 nitrogen and oxygen atoms in total. The van der Waals surface area contributed by atoms with Crippen LogP contribution in [0.25, 0.3) is 11.3 Å². The van der Waals surface area contributed by atoms with E-state index in [4.69, 9.17) is 9.84 Å². The molecule has 2 rings (SSSR count). The average molecular weight is 260 g/mol. The van der Waals surface area contributed by atoms with E-state index in [1.54, 1.807) is 0 Å². The number of benzene rings is 1. The Morgan fingerprint density at radius 1 is 1.37 bits per heavy atom. The quantitative estimate of drug-likeness (QED) is 0.886. The minimum absolute atomic E-state index is 0.169. The van der Waals surface area contributed by atoms with Crippen LogP contribution in [0.2, 0.25) is 0 Å². The number of hydrogen-bond acceptors (Lipinski definition) is 3. The van der Waals surface area contributed by atoms with E-state index < -0.39 is 5.97 Å².